The summed E-state index contributed by atoms with van der Waals surface area (Å²) in [5.41, 5.74) is 1.19. The zero-order valence-electron chi connectivity index (χ0n) is 14.0. The molecule has 0 fully saturated rings. The third-order valence-electron chi connectivity index (χ3n) is 4.24. The molecule has 1 atom stereocenters. The van der Waals surface area contributed by atoms with Crippen molar-refractivity contribution in [2.45, 2.75) is 18.4 Å². The van der Waals surface area contributed by atoms with Gasteiger partial charge < -0.3 is 10.4 Å². The molecule has 0 unspecified atom stereocenters. The fraction of sp³-hybridized carbons (Fsp3) is 0.200. The molecule has 0 bridgehead atoms. The van der Waals surface area contributed by atoms with Crippen molar-refractivity contribution in [3.8, 4) is 0 Å². The monoisotopic (exact) mass is 335 g/mol. The quantitative estimate of drug-likeness (QED) is 0.648. The van der Waals surface area contributed by atoms with Gasteiger partial charge in [0.2, 0.25) is 0 Å². The SMILES string of the molecule is C[C@@](O)(CNC(=O)c1ccn[nH]1)C(c1ccccc1)c1ccccc1. The number of aromatic nitrogens is 2. The molecule has 1 aromatic heterocycles. The Balaban J connectivity index is 1.85. The zero-order valence-corrected chi connectivity index (χ0v) is 14.0. The Hall–Kier alpha value is -2.92. The highest BCUT2D eigenvalue weighted by Crippen LogP contribution is 2.34. The molecule has 3 N–H and O–H groups in total. The van der Waals surface area contributed by atoms with Crippen LogP contribution in [0, 0.1) is 0 Å². The second-order valence-electron chi connectivity index (χ2n) is 6.26. The second kappa shape index (κ2) is 7.32. The third kappa shape index (κ3) is 3.95. The van der Waals surface area contributed by atoms with Gasteiger partial charge >= 0.3 is 0 Å². The van der Waals surface area contributed by atoms with Gasteiger partial charge in [0.15, 0.2) is 0 Å². The number of hydrogen-bond acceptors (Lipinski definition) is 3. The number of aliphatic hydroxyl groups is 1. The van der Waals surface area contributed by atoms with Crippen LogP contribution in [-0.4, -0.2) is 33.4 Å². The lowest BCUT2D eigenvalue weighted by Gasteiger charge is -2.34. The molecule has 1 amide bonds. The summed E-state index contributed by atoms with van der Waals surface area (Å²) in [6.45, 7) is 1.85. The minimum atomic E-state index is -1.17. The Kier molecular flexibility index (Phi) is 4.95. The highest BCUT2D eigenvalue weighted by atomic mass is 16.3. The van der Waals surface area contributed by atoms with Gasteiger partial charge in [-0.05, 0) is 24.1 Å². The van der Waals surface area contributed by atoms with Crippen molar-refractivity contribution in [1.82, 2.24) is 15.5 Å². The Bertz CT molecular complexity index is 760. The number of H-pyrrole nitrogens is 1. The van der Waals surface area contributed by atoms with E-state index in [1.807, 2.05) is 60.7 Å². The van der Waals surface area contributed by atoms with Gasteiger partial charge in [0.05, 0.1) is 5.60 Å². The molecule has 0 spiro atoms. The van der Waals surface area contributed by atoms with E-state index in [0.717, 1.165) is 11.1 Å². The van der Waals surface area contributed by atoms with Crippen LogP contribution in [0.1, 0.15) is 34.5 Å². The van der Waals surface area contributed by atoms with Gasteiger partial charge in [-0.25, -0.2) is 0 Å². The Morgan fingerprint density at radius 3 is 2.12 bits per heavy atom. The maximum atomic E-state index is 12.2. The molecule has 0 aliphatic heterocycles. The number of carbonyl (C=O) groups is 1. The first-order chi connectivity index (χ1) is 12.1. The number of aromatic amines is 1. The van der Waals surface area contributed by atoms with E-state index in [-0.39, 0.29) is 18.4 Å². The van der Waals surface area contributed by atoms with E-state index in [1.165, 1.54) is 6.20 Å². The van der Waals surface area contributed by atoms with Crippen molar-refractivity contribution in [2.75, 3.05) is 6.54 Å². The second-order valence-corrected chi connectivity index (χ2v) is 6.26. The van der Waals surface area contributed by atoms with Crippen LogP contribution in [0.2, 0.25) is 0 Å². The van der Waals surface area contributed by atoms with Gasteiger partial charge in [0.1, 0.15) is 5.69 Å². The van der Waals surface area contributed by atoms with Crippen LogP contribution >= 0.6 is 0 Å². The first-order valence-electron chi connectivity index (χ1n) is 8.18. The van der Waals surface area contributed by atoms with E-state index < -0.39 is 5.60 Å². The zero-order chi connectivity index (χ0) is 17.7. The maximum absolute atomic E-state index is 12.2. The lowest BCUT2D eigenvalue weighted by molar-refractivity contribution is 0.0405. The first-order valence-corrected chi connectivity index (χ1v) is 8.18. The molecular weight excluding hydrogens is 314 g/mol. The average molecular weight is 335 g/mol. The van der Waals surface area contributed by atoms with Crippen LogP contribution in [0.4, 0.5) is 0 Å². The van der Waals surface area contributed by atoms with Gasteiger partial charge in [-0.2, -0.15) is 5.10 Å². The normalized spacial score (nSPS) is 13.4. The predicted octanol–water partition coefficient (Wildman–Crippen LogP) is 2.72. The Labute approximate surface area is 146 Å². The summed E-state index contributed by atoms with van der Waals surface area (Å²) >= 11 is 0. The van der Waals surface area contributed by atoms with Crippen molar-refractivity contribution < 1.29 is 9.90 Å². The predicted molar refractivity (Wildman–Crippen MR) is 96.3 cm³/mol. The van der Waals surface area contributed by atoms with Crippen LogP contribution in [0.3, 0.4) is 0 Å². The van der Waals surface area contributed by atoms with E-state index in [4.69, 9.17) is 0 Å². The first kappa shape index (κ1) is 16.9. The minimum absolute atomic E-state index is 0.110. The number of amides is 1. The summed E-state index contributed by atoms with van der Waals surface area (Å²) in [6.07, 6.45) is 1.52. The number of benzene rings is 2. The average Bonchev–Trinajstić information content (AvgIpc) is 3.16. The van der Waals surface area contributed by atoms with E-state index in [1.54, 1.807) is 13.0 Å². The van der Waals surface area contributed by atoms with Gasteiger partial charge in [-0.3, -0.25) is 9.89 Å². The number of nitrogens with zero attached hydrogens (tertiary/aromatic N) is 1. The number of rotatable bonds is 6. The van der Waals surface area contributed by atoms with Gasteiger partial charge in [-0.15, -0.1) is 0 Å². The topological polar surface area (TPSA) is 78.0 Å². The van der Waals surface area contributed by atoms with Gasteiger partial charge in [0.25, 0.3) is 5.91 Å². The summed E-state index contributed by atoms with van der Waals surface area (Å²) in [4.78, 5) is 12.2. The molecule has 2 aromatic carbocycles. The van der Waals surface area contributed by atoms with Crippen LogP contribution < -0.4 is 5.32 Å². The summed E-state index contributed by atoms with van der Waals surface area (Å²) in [7, 11) is 0. The molecule has 0 aliphatic carbocycles. The molecule has 25 heavy (non-hydrogen) atoms. The highest BCUT2D eigenvalue weighted by molar-refractivity contribution is 5.92. The summed E-state index contributed by atoms with van der Waals surface area (Å²) in [5.74, 6) is -0.561. The summed E-state index contributed by atoms with van der Waals surface area (Å²) < 4.78 is 0. The summed E-state index contributed by atoms with van der Waals surface area (Å²) in [5, 5.41) is 20.4. The summed E-state index contributed by atoms with van der Waals surface area (Å²) in [6, 6.07) is 21.2. The molecule has 5 heteroatoms. The number of hydrogen-bond donors (Lipinski definition) is 3. The molecule has 1 heterocycles. The Morgan fingerprint density at radius 2 is 1.64 bits per heavy atom. The van der Waals surface area contributed by atoms with E-state index in [2.05, 4.69) is 15.5 Å². The number of nitrogens with one attached hydrogen (secondary N) is 2. The Morgan fingerprint density at radius 1 is 1.08 bits per heavy atom. The molecule has 0 saturated heterocycles. The molecule has 0 aliphatic rings. The van der Waals surface area contributed by atoms with Crippen molar-refractivity contribution in [1.29, 1.82) is 0 Å². The largest absolute Gasteiger partial charge is 0.387 e. The molecule has 3 aromatic rings. The van der Waals surface area contributed by atoms with E-state index in [0.29, 0.717) is 5.69 Å². The molecule has 0 saturated carbocycles. The van der Waals surface area contributed by atoms with Gasteiger partial charge in [-0.1, -0.05) is 60.7 Å². The van der Waals surface area contributed by atoms with Crippen molar-refractivity contribution >= 4 is 5.91 Å². The molecule has 3 rings (SSSR count). The lowest BCUT2D eigenvalue weighted by Crippen LogP contribution is -2.45. The maximum Gasteiger partial charge on any atom is 0.269 e. The number of carbonyl (C=O) groups excluding carboxylic acids is 1. The van der Waals surface area contributed by atoms with E-state index >= 15 is 0 Å². The molecule has 128 valence electrons. The lowest BCUT2D eigenvalue weighted by atomic mass is 9.78. The van der Waals surface area contributed by atoms with Crippen LogP contribution in [0.25, 0.3) is 0 Å². The van der Waals surface area contributed by atoms with E-state index in [9.17, 15) is 9.90 Å². The fourth-order valence-corrected chi connectivity index (χ4v) is 3.04. The third-order valence-corrected chi connectivity index (χ3v) is 4.24. The molecule has 5 nitrogen and oxygen atoms in total. The van der Waals surface area contributed by atoms with Crippen molar-refractivity contribution in [3.63, 3.8) is 0 Å². The highest BCUT2D eigenvalue weighted by Gasteiger charge is 2.34. The van der Waals surface area contributed by atoms with Crippen LogP contribution in [-0.2, 0) is 0 Å². The molecular formula is C20H21N3O2. The fourth-order valence-electron chi connectivity index (χ4n) is 3.04. The van der Waals surface area contributed by atoms with Crippen LogP contribution in [0.15, 0.2) is 72.9 Å². The molecule has 0 radical (unpaired) electrons. The smallest absolute Gasteiger partial charge is 0.269 e. The standard InChI is InChI=1S/C20H21N3O2/c1-20(25,14-21-19(24)17-12-13-22-23-17)18(15-8-4-2-5-9-15)16-10-6-3-7-11-16/h2-13,18,25H,14H2,1H3,(H,21,24)(H,22,23)/t20-/m1/s1. The van der Waals surface area contributed by atoms with Crippen molar-refractivity contribution in [3.05, 3.63) is 89.7 Å². The van der Waals surface area contributed by atoms with Crippen LogP contribution in [0.5, 0.6) is 0 Å². The minimum Gasteiger partial charge on any atom is -0.387 e. The van der Waals surface area contributed by atoms with Crippen molar-refractivity contribution in [2.24, 2.45) is 0 Å². The van der Waals surface area contributed by atoms with Gasteiger partial charge in [0, 0.05) is 18.7 Å².